The van der Waals surface area contributed by atoms with E-state index in [1.165, 1.54) is 121 Å². The van der Waals surface area contributed by atoms with Crippen LogP contribution in [0.3, 0.4) is 0 Å². The largest absolute Gasteiger partial charge is 0.422 e. The standard InChI is InChI=1S/C76H60Cl4O24/c1-33(81)93-65-53-29-54(66(94-34(2)82)73(65)101-41(9)89)62(46-15-23-50(78)24-16-46)57-31-58(70(98-38(6)86)75(103-43(11)91)69(57)97-37(5)85)64(48-19-27-52(80)28-20-48)60-32-59(71(99-39(7)87)76(104-44(12)92)72(60)100-40(8)88)63(47-17-25-51(79)26-18-47)56-30-55(61(53)45-13-21-49(77)22-14-45)67(95-35(3)83)74(102-42(10)90)68(56)96-36(4)84/h13-32,61-64H,1-12H3. The van der Waals surface area contributed by atoms with Gasteiger partial charge in [0.05, 0.1) is 0 Å². The summed E-state index contributed by atoms with van der Waals surface area (Å²) in [5.74, 6) is -30.1. The Hall–Kier alpha value is -11.4. The summed E-state index contributed by atoms with van der Waals surface area (Å²) in [5.41, 5.74) is -2.51. The minimum atomic E-state index is -1.81. The molecule has 0 amide bonds. The Bertz CT molecular complexity index is 4110. The van der Waals surface area contributed by atoms with E-state index in [1.807, 2.05) is 0 Å². The number of halogens is 4. The molecule has 104 heavy (non-hydrogen) atoms. The van der Waals surface area contributed by atoms with Crippen molar-refractivity contribution >= 4 is 118 Å². The number of esters is 12. The van der Waals surface area contributed by atoms with Crippen molar-refractivity contribution in [1.82, 2.24) is 0 Å². The first kappa shape index (κ1) is 76.7. The van der Waals surface area contributed by atoms with Gasteiger partial charge in [-0.3, -0.25) is 57.5 Å². The number of fused-ring (bicyclic) bond motifs is 8. The van der Waals surface area contributed by atoms with Gasteiger partial charge in [-0.25, -0.2) is 0 Å². The zero-order valence-electron chi connectivity index (χ0n) is 57.2. The van der Waals surface area contributed by atoms with Crippen LogP contribution < -0.4 is 56.8 Å². The van der Waals surface area contributed by atoms with E-state index >= 15 is 0 Å². The lowest BCUT2D eigenvalue weighted by Crippen LogP contribution is -2.22. The predicted molar refractivity (Wildman–Crippen MR) is 371 cm³/mol. The molecule has 0 heterocycles. The molecular formula is C76H60Cl4O24. The third-order valence-corrected chi connectivity index (χ3v) is 16.3. The molecule has 0 N–H and O–H groups in total. The maximum Gasteiger partial charge on any atom is 0.308 e. The highest BCUT2D eigenvalue weighted by Gasteiger charge is 2.45. The van der Waals surface area contributed by atoms with Gasteiger partial charge in [-0.1, -0.05) is 94.9 Å². The molecule has 1 aliphatic rings. The first-order valence-electron chi connectivity index (χ1n) is 31.2. The normalized spacial score (nSPS) is 14.2. The average molecular weight is 1500 g/mol. The Morgan fingerprint density at radius 3 is 0.404 bits per heavy atom. The number of rotatable bonds is 16. The van der Waals surface area contributed by atoms with Crippen LogP contribution in [0.5, 0.6) is 69.0 Å². The Kier molecular flexibility index (Phi) is 23.8. The quantitative estimate of drug-likeness (QED) is 0.0641. The van der Waals surface area contributed by atoms with Crippen molar-refractivity contribution in [3.8, 4) is 69.0 Å². The highest BCUT2D eigenvalue weighted by molar-refractivity contribution is 6.31. The second-order valence-corrected chi connectivity index (χ2v) is 25.0. The molecule has 9 rings (SSSR count). The van der Waals surface area contributed by atoms with Crippen molar-refractivity contribution in [2.75, 3.05) is 0 Å². The van der Waals surface area contributed by atoms with Gasteiger partial charge in [-0.2, -0.15) is 0 Å². The summed E-state index contributed by atoms with van der Waals surface area (Å²) in [4.78, 5) is 170. The lowest BCUT2D eigenvalue weighted by Gasteiger charge is -2.33. The molecule has 0 radical (unpaired) electrons. The van der Waals surface area contributed by atoms with Crippen LogP contribution in [0.2, 0.25) is 20.1 Å². The molecule has 0 spiro atoms. The number of hydrogen-bond acceptors (Lipinski definition) is 24. The zero-order valence-corrected chi connectivity index (χ0v) is 60.2. The van der Waals surface area contributed by atoms with E-state index in [-0.39, 0.29) is 86.9 Å². The molecule has 28 heteroatoms. The topological polar surface area (TPSA) is 316 Å². The Balaban J connectivity index is 1.83. The molecule has 0 saturated heterocycles. The fourth-order valence-electron chi connectivity index (χ4n) is 12.0. The van der Waals surface area contributed by atoms with Gasteiger partial charge in [0.15, 0.2) is 46.0 Å². The number of hydrogen-bond donors (Lipinski definition) is 0. The molecule has 0 aliphatic heterocycles. The smallest absolute Gasteiger partial charge is 0.308 e. The lowest BCUT2D eigenvalue weighted by atomic mass is 9.74. The zero-order chi connectivity index (χ0) is 76.0. The van der Waals surface area contributed by atoms with Crippen molar-refractivity contribution in [3.05, 3.63) is 208 Å². The van der Waals surface area contributed by atoms with E-state index in [0.29, 0.717) is 0 Å². The molecule has 1 aliphatic carbocycles. The van der Waals surface area contributed by atoms with Crippen LogP contribution in [0.1, 0.15) is 174 Å². The summed E-state index contributed by atoms with van der Waals surface area (Å²) >= 11 is 26.9. The van der Waals surface area contributed by atoms with Crippen LogP contribution in [0.4, 0.5) is 0 Å². The Morgan fingerprint density at radius 2 is 0.298 bits per heavy atom. The molecule has 0 atom stereocenters. The van der Waals surface area contributed by atoms with Gasteiger partial charge in [0, 0.05) is 171 Å². The van der Waals surface area contributed by atoms with Gasteiger partial charge in [0.1, 0.15) is 0 Å². The summed E-state index contributed by atoms with van der Waals surface area (Å²) in [6.07, 6.45) is 0. The van der Waals surface area contributed by atoms with E-state index in [2.05, 4.69) is 0 Å². The first-order chi connectivity index (χ1) is 49.1. The Labute approximate surface area is 613 Å². The molecule has 536 valence electrons. The van der Waals surface area contributed by atoms with Crippen LogP contribution in [-0.4, -0.2) is 71.6 Å². The fraction of sp³-hybridized carbons (Fsp3) is 0.211. The predicted octanol–water partition coefficient (Wildman–Crippen LogP) is 14.4. The molecule has 0 fully saturated rings. The van der Waals surface area contributed by atoms with Crippen molar-refractivity contribution in [2.45, 2.75) is 107 Å². The summed E-state index contributed by atoms with van der Waals surface area (Å²) < 4.78 is 74.4. The average Bonchev–Trinajstić information content (AvgIpc) is 0.720. The maximum absolute atomic E-state index is 14.2. The molecule has 8 bridgehead atoms. The van der Waals surface area contributed by atoms with E-state index in [9.17, 15) is 57.5 Å². The van der Waals surface area contributed by atoms with Gasteiger partial charge >= 0.3 is 71.6 Å². The number of carbonyl (C=O) groups excluding carboxylic acids is 12. The molecule has 0 saturated carbocycles. The van der Waals surface area contributed by atoms with Gasteiger partial charge in [-0.15, -0.1) is 0 Å². The maximum atomic E-state index is 14.2. The number of carbonyl (C=O) groups is 12. The Morgan fingerprint density at radius 1 is 0.192 bits per heavy atom. The van der Waals surface area contributed by atoms with Gasteiger partial charge in [-0.05, 0) is 95.1 Å². The molecule has 8 aromatic carbocycles. The monoisotopic (exact) mass is 1500 g/mol. The fourth-order valence-corrected chi connectivity index (χ4v) is 12.5. The van der Waals surface area contributed by atoms with E-state index in [0.717, 1.165) is 83.1 Å². The number of benzene rings is 8. The molecule has 0 aromatic heterocycles. The second-order valence-electron chi connectivity index (χ2n) is 23.2. The van der Waals surface area contributed by atoms with E-state index in [4.69, 9.17) is 103 Å². The molecule has 24 nitrogen and oxygen atoms in total. The van der Waals surface area contributed by atoms with Crippen molar-refractivity contribution in [2.24, 2.45) is 0 Å². The van der Waals surface area contributed by atoms with Gasteiger partial charge < -0.3 is 56.8 Å². The van der Waals surface area contributed by atoms with Gasteiger partial charge in [0.25, 0.3) is 0 Å². The summed E-state index contributed by atoms with van der Waals surface area (Å²) in [6, 6.07) is 28.1. The van der Waals surface area contributed by atoms with E-state index in [1.54, 1.807) is 0 Å². The van der Waals surface area contributed by atoms with Crippen LogP contribution in [0.25, 0.3) is 0 Å². The van der Waals surface area contributed by atoms with Gasteiger partial charge in [0.2, 0.25) is 23.0 Å². The summed E-state index contributed by atoms with van der Waals surface area (Å²) in [5, 5.41) is 0.471. The highest BCUT2D eigenvalue weighted by Crippen LogP contribution is 2.62. The van der Waals surface area contributed by atoms with Crippen LogP contribution in [0.15, 0.2) is 121 Å². The SMILES string of the molecule is CC(=O)Oc1c2cc(c(OC(C)=O)c1OC(C)=O)C(c1ccc(Cl)cc1)c1cc(c(OC(C)=O)c(OC(C)=O)c1OC(C)=O)C(c1ccc(Cl)cc1)c1cc(c(OC(C)=O)c(OC(C)=O)c1OC(C)=O)C(c1ccc(Cl)cc1)c1cc(c(OC(C)=O)c(OC(C)=O)c1OC(C)=O)C2c1ccc(Cl)cc1. The highest BCUT2D eigenvalue weighted by atomic mass is 35.5. The van der Waals surface area contributed by atoms with Crippen molar-refractivity contribution < 1.29 is 114 Å². The molecular weight excluding hydrogens is 1440 g/mol. The molecule has 8 aromatic rings. The summed E-state index contributed by atoms with van der Waals surface area (Å²) in [7, 11) is 0. The van der Waals surface area contributed by atoms with Crippen LogP contribution in [-0.2, 0) is 57.5 Å². The first-order valence-corrected chi connectivity index (χ1v) is 32.7. The lowest BCUT2D eigenvalue weighted by molar-refractivity contribution is -0.135. The minimum Gasteiger partial charge on any atom is -0.422 e. The van der Waals surface area contributed by atoms with Crippen LogP contribution >= 0.6 is 46.4 Å². The van der Waals surface area contributed by atoms with Crippen molar-refractivity contribution in [1.29, 1.82) is 0 Å². The third kappa shape index (κ3) is 17.4. The second kappa shape index (κ2) is 32.3. The summed E-state index contributed by atoms with van der Waals surface area (Å²) in [6.45, 7) is 11.5. The number of ether oxygens (including phenoxy) is 12. The third-order valence-electron chi connectivity index (χ3n) is 15.2. The van der Waals surface area contributed by atoms with Crippen molar-refractivity contribution in [3.63, 3.8) is 0 Å². The molecule has 0 unspecified atom stereocenters. The van der Waals surface area contributed by atoms with E-state index < -0.39 is 164 Å². The minimum absolute atomic E-state index is 0.0608. The van der Waals surface area contributed by atoms with Crippen LogP contribution in [0, 0.1) is 0 Å².